The third kappa shape index (κ3) is 3.34. The number of ketones is 1. The molecule has 3 aromatic rings. The molecule has 144 valence electrons. The van der Waals surface area contributed by atoms with E-state index in [-0.39, 0.29) is 11.3 Å². The molecule has 1 saturated heterocycles. The number of nitrogens with zero attached hydrogens (tertiary/aromatic N) is 1. The smallest absolute Gasteiger partial charge is 0.300 e. The molecule has 1 heterocycles. The van der Waals surface area contributed by atoms with Crippen molar-refractivity contribution in [3.8, 4) is 0 Å². The molecule has 1 N–H and O–H groups in total. The van der Waals surface area contributed by atoms with Crippen molar-refractivity contribution in [2.75, 3.05) is 4.90 Å². The maximum absolute atomic E-state index is 13.0. The maximum Gasteiger partial charge on any atom is 0.300 e. The van der Waals surface area contributed by atoms with E-state index < -0.39 is 17.7 Å². The first kappa shape index (κ1) is 18.7. The van der Waals surface area contributed by atoms with E-state index in [9.17, 15) is 14.7 Å². The molecule has 1 aliphatic heterocycles. The summed E-state index contributed by atoms with van der Waals surface area (Å²) in [6, 6.07) is 23.3. The second-order valence-corrected chi connectivity index (χ2v) is 7.28. The topological polar surface area (TPSA) is 57.6 Å². The highest BCUT2D eigenvalue weighted by atomic mass is 16.3. The van der Waals surface area contributed by atoms with Crippen LogP contribution in [0, 0.1) is 13.8 Å². The first-order valence-corrected chi connectivity index (χ1v) is 9.47. The molecule has 4 rings (SSSR count). The number of aliphatic hydroxyl groups is 1. The average Bonchev–Trinajstić information content (AvgIpc) is 3.00. The van der Waals surface area contributed by atoms with Crippen LogP contribution in [0.15, 0.2) is 84.4 Å². The molecule has 1 aliphatic rings. The van der Waals surface area contributed by atoms with Gasteiger partial charge in [0.1, 0.15) is 5.76 Å². The van der Waals surface area contributed by atoms with Crippen LogP contribution in [-0.4, -0.2) is 16.8 Å². The molecule has 4 nitrogen and oxygen atoms in total. The van der Waals surface area contributed by atoms with Gasteiger partial charge in [0, 0.05) is 11.3 Å². The SMILES string of the molecule is Cc1ccc(C(O)=C2C(=O)C(=O)N(c3ccccc3)C2c2ccc(C)cc2)cc1. The van der Waals surface area contributed by atoms with Crippen molar-refractivity contribution in [1.29, 1.82) is 0 Å². The van der Waals surface area contributed by atoms with Gasteiger partial charge in [0.05, 0.1) is 11.6 Å². The number of benzene rings is 3. The number of Topliss-reactive ketones (excluding diaryl/α,β-unsaturated/α-hetero) is 1. The van der Waals surface area contributed by atoms with Crippen molar-refractivity contribution in [2.45, 2.75) is 19.9 Å². The molecule has 0 spiro atoms. The Bertz CT molecular complexity index is 1100. The molecule has 1 unspecified atom stereocenters. The molecule has 3 aromatic carbocycles. The lowest BCUT2D eigenvalue weighted by atomic mass is 9.94. The fraction of sp³-hybridized carbons (Fsp3) is 0.120. The Labute approximate surface area is 169 Å². The van der Waals surface area contributed by atoms with Gasteiger partial charge in [-0.05, 0) is 31.5 Å². The summed E-state index contributed by atoms with van der Waals surface area (Å²) in [5.74, 6) is -1.49. The summed E-state index contributed by atoms with van der Waals surface area (Å²) >= 11 is 0. The first-order chi connectivity index (χ1) is 14.0. The van der Waals surface area contributed by atoms with Gasteiger partial charge >= 0.3 is 0 Å². The zero-order valence-electron chi connectivity index (χ0n) is 16.3. The largest absolute Gasteiger partial charge is 0.507 e. The summed E-state index contributed by atoms with van der Waals surface area (Å²) in [5, 5.41) is 11.0. The molecule has 0 bridgehead atoms. The predicted molar refractivity (Wildman–Crippen MR) is 114 cm³/mol. The van der Waals surface area contributed by atoms with Gasteiger partial charge < -0.3 is 5.11 Å². The Balaban J connectivity index is 1.94. The second-order valence-electron chi connectivity index (χ2n) is 7.28. The number of carbonyl (C=O) groups is 2. The van der Waals surface area contributed by atoms with Gasteiger partial charge in [0.2, 0.25) is 0 Å². The van der Waals surface area contributed by atoms with Crippen molar-refractivity contribution in [2.24, 2.45) is 0 Å². The lowest BCUT2D eigenvalue weighted by Crippen LogP contribution is -2.29. The van der Waals surface area contributed by atoms with Crippen LogP contribution in [0.1, 0.15) is 28.3 Å². The van der Waals surface area contributed by atoms with E-state index >= 15 is 0 Å². The third-order valence-corrected chi connectivity index (χ3v) is 5.20. The fourth-order valence-electron chi connectivity index (χ4n) is 3.62. The number of para-hydroxylation sites is 1. The first-order valence-electron chi connectivity index (χ1n) is 9.47. The Morgan fingerprint density at radius 3 is 1.93 bits per heavy atom. The molecule has 0 aliphatic carbocycles. The fourth-order valence-corrected chi connectivity index (χ4v) is 3.62. The predicted octanol–water partition coefficient (Wildman–Crippen LogP) is 4.93. The monoisotopic (exact) mass is 383 g/mol. The van der Waals surface area contributed by atoms with Crippen LogP contribution in [0.3, 0.4) is 0 Å². The summed E-state index contributed by atoms with van der Waals surface area (Å²) in [5.41, 5.74) is 4.12. The molecule has 1 atom stereocenters. The molecule has 0 aromatic heterocycles. The van der Waals surface area contributed by atoms with Crippen LogP contribution in [0.2, 0.25) is 0 Å². The summed E-state index contributed by atoms with van der Waals surface area (Å²) in [7, 11) is 0. The molecule has 4 heteroatoms. The zero-order chi connectivity index (χ0) is 20.5. The van der Waals surface area contributed by atoms with Gasteiger partial charge in [-0.25, -0.2) is 0 Å². The molecular weight excluding hydrogens is 362 g/mol. The number of carbonyl (C=O) groups excluding carboxylic acids is 2. The molecule has 1 amide bonds. The Hall–Kier alpha value is -3.66. The quantitative estimate of drug-likeness (QED) is 0.396. The Morgan fingerprint density at radius 2 is 1.34 bits per heavy atom. The number of aliphatic hydroxyl groups excluding tert-OH is 1. The highest BCUT2D eigenvalue weighted by Crippen LogP contribution is 2.42. The molecule has 1 fully saturated rings. The number of aryl methyl sites for hydroxylation is 2. The van der Waals surface area contributed by atoms with Crippen molar-refractivity contribution in [1.82, 2.24) is 0 Å². The summed E-state index contributed by atoms with van der Waals surface area (Å²) in [6.45, 7) is 3.93. The Morgan fingerprint density at radius 1 is 0.793 bits per heavy atom. The second kappa shape index (κ2) is 7.40. The summed E-state index contributed by atoms with van der Waals surface area (Å²) in [4.78, 5) is 27.5. The van der Waals surface area contributed by atoms with E-state index in [4.69, 9.17) is 0 Å². The van der Waals surface area contributed by atoms with Crippen LogP contribution < -0.4 is 4.90 Å². The lowest BCUT2D eigenvalue weighted by molar-refractivity contribution is -0.132. The van der Waals surface area contributed by atoms with E-state index in [0.29, 0.717) is 11.3 Å². The number of anilines is 1. The average molecular weight is 383 g/mol. The van der Waals surface area contributed by atoms with Crippen LogP contribution in [0.5, 0.6) is 0 Å². The van der Waals surface area contributed by atoms with Gasteiger partial charge in [-0.1, -0.05) is 77.9 Å². The van der Waals surface area contributed by atoms with Crippen LogP contribution in [0.25, 0.3) is 5.76 Å². The van der Waals surface area contributed by atoms with Gasteiger partial charge in [-0.15, -0.1) is 0 Å². The van der Waals surface area contributed by atoms with E-state index in [1.54, 1.807) is 24.3 Å². The minimum atomic E-state index is -0.695. The molecule has 0 saturated carbocycles. The minimum Gasteiger partial charge on any atom is -0.507 e. The maximum atomic E-state index is 13.0. The van der Waals surface area contributed by atoms with Crippen LogP contribution >= 0.6 is 0 Å². The van der Waals surface area contributed by atoms with E-state index in [2.05, 4.69) is 0 Å². The number of hydrogen-bond donors (Lipinski definition) is 1. The van der Waals surface area contributed by atoms with Crippen LogP contribution in [0.4, 0.5) is 5.69 Å². The highest BCUT2D eigenvalue weighted by molar-refractivity contribution is 6.51. The van der Waals surface area contributed by atoms with Gasteiger partial charge in [0.25, 0.3) is 11.7 Å². The summed E-state index contributed by atoms with van der Waals surface area (Å²) in [6.07, 6.45) is 0. The standard InChI is InChI=1S/C25H21NO3/c1-16-8-12-18(13-9-16)22-21(23(27)19-14-10-17(2)11-15-19)24(28)25(29)26(22)20-6-4-3-5-7-20/h3-15,22,27H,1-2H3. The van der Waals surface area contributed by atoms with Gasteiger partial charge in [-0.2, -0.15) is 0 Å². The third-order valence-electron chi connectivity index (χ3n) is 5.20. The molecular formula is C25H21NO3. The van der Waals surface area contributed by atoms with E-state index in [1.165, 1.54) is 4.90 Å². The number of amides is 1. The van der Waals surface area contributed by atoms with Crippen molar-refractivity contribution in [3.05, 3.63) is 107 Å². The number of rotatable bonds is 3. The van der Waals surface area contributed by atoms with E-state index in [0.717, 1.165) is 16.7 Å². The van der Waals surface area contributed by atoms with Crippen LogP contribution in [-0.2, 0) is 9.59 Å². The molecule has 29 heavy (non-hydrogen) atoms. The van der Waals surface area contributed by atoms with Crippen molar-refractivity contribution < 1.29 is 14.7 Å². The van der Waals surface area contributed by atoms with Gasteiger partial charge in [0.15, 0.2) is 0 Å². The van der Waals surface area contributed by atoms with Crippen molar-refractivity contribution in [3.63, 3.8) is 0 Å². The zero-order valence-corrected chi connectivity index (χ0v) is 16.3. The highest BCUT2D eigenvalue weighted by Gasteiger charge is 2.46. The minimum absolute atomic E-state index is 0.103. The van der Waals surface area contributed by atoms with Gasteiger partial charge in [-0.3, -0.25) is 14.5 Å². The van der Waals surface area contributed by atoms with Crippen molar-refractivity contribution >= 4 is 23.1 Å². The van der Waals surface area contributed by atoms with E-state index in [1.807, 2.05) is 68.4 Å². The number of hydrogen-bond acceptors (Lipinski definition) is 3. The Kier molecular flexibility index (Phi) is 4.77. The summed E-state index contributed by atoms with van der Waals surface area (Å²) < 4.78 is 0. The molecule has 0 radical (unpaired) electrons. The normalized spacial score (nSPS) is 18.3. The lowest BCUT2D eigenvalue weighted by Gasteiger charge is -2.25.